The second kappa shape index (κ2) is 5.88. The number of hydrogen-bond acceptors (Lipinski definition) is 3. The normalized spacial score (nSPS) is 26.2. The molecule has 0 aliphatic carbocycles. The highest BCUT2D eigenvalue weighted by Gasteiger charge is 2.44. The molecule has 2 saturated heterocycles. The topological polar surface area (TPSA) is 49.4 Å². The fourth-order valence-electron chi connectivity index (χ4n) is 3.47. The third-order valence-corrected chi connectivity index (χ3v) is 6.69. The van der Waals surface area contributed by atoms with Crippen molar-refractivity contribution in [1.29, 1.82) is 0 Å². The molecule has 2 aliphatic heterocycles. The minimum absolute atomic E-state index is 0. The second-order valence-corrected chi connectivity index (χ2v) is 8.19. The van der Waals surface area contributed by atoms with Crippen LogP contribution in [0.1, 0.15) is 24.0 Å². The summed E-state index contributed by atoms with van der Waals surface area (Å²) in [4.78, 5) is 0.464. The average Bonchev–Trinajstić information content (AvgIpc) is 3.00. The molecule has 4 nitrogen and oxygen atoms in total. The maximum absolute atomic E-state index is 12.8. The van der Waals surface area contributed by atoms with Crippen LogP contribution in [0.3, 0.4) is 0 Å². The van der Waals surface area contributed by atoms with E-state index in [1.54, 1.807) is 10.4 Å². The number of sulfonamides is 1. The van der Waals surface area contributed by atoms with Gasteiger partial charge < -0.3 is 5.32 Å². The number of nitrogens with one attached hydrogen (secondary N) is 1. The van der Waals surface area contributed by atoms with Crippen LogP contribution in [0.4, 0.5) is 0 Å². The van der Waals surface area contributed by atoms with Crippen molar-refractivity contribution >= 4 is 22.4 Å². The summed E-state index contributed by atoms with van der Waals surface area (Å²) in [6.45, 7) is 7.14. The summed E-state index contributed by atoms with van der Waals surface area (Å²) in [5.74, 6) is 0. The van der Waals surface area contributed by atoms with Crippen LogP contribution in [0, 0.1) is 19.3 Å². The van der Waals surface area contributed by atoms with Gasteiger partial charge in [0.2, 0.25) is 10.0 Å². The molecule has 0 radical (unpaired) electrons. The van der Waals surface area contributed by atoms with Crippen molar-refractivity contribution in [3.63, 3.8) is 0 Å². The number of rotatable bonds is 2. The van der Waals surface area contributed by atoms with E-state index < -0.39 is 10.0 Å². The molecular formula is C15H23ClN2O2S. The molecule has 21 heavy (non-hydrogen) atoms. The van der Waals surface area contributed by atoms with Gasteiger partial charge in [0.1, 0.15) is 0 Å². The Labute approximate surface area is 133 Å². The molecule has 118 valence electrons. The first-order valence-corrected chi connectivity index (χ1v) is 8.65. The fraction of sp³-hybridized carbons (Fsp3) is 0.600. The summed E-state index contributed by atoms with van der Waals surface area (Å²) in [5, 5.41) is 3.36. The van der Waals surface area contributed by atoms with Crippen molar-refractivity contribution in [2.45, 2.75) is 31.6 Å². The van der Waals surface area contributed by atoms with Crippen molar-refractivity contribution in [3.8, 4) is 0 Å². The van der Waals surface area contributed by atoms with Gasteiger partial charge in [0.25, 0.3) is 0 Å². The minimum atomic E-state index is -3.34. The Kier molecular flexibility index (Phi) is 4.69. The predicted molar refractivity (Wildman–Crippen MR) is 86.5 cm³/mol. The zero-order chi connectivity index (χ0) is 14.4. The van der Waals surface area contributed by atoms with Gasteiger partial charge in [-0.25, -0.2) is 8.42 Å². The molecule has 1 aromatic carbocycles. The van der Waals surface area contributed by atoms with Crippen molar-refractivity contribution < 1.29 is 8.42 Å². The standard InChI is InChI=1S/C15H22N2O2S.ClH/c1-12-3-4-14(13(2)9-12)20(18,19)17-8-6-15(11-17)5-7-16-10-15;/h3-4,9,16H,5-8,10-11H2,1-2H3;1H. The zero-order valence-corrected chi connectivity index (χ0v) is 14.2. The maximum atomic E-state index is 12.8. The van der Waals surface area contributed by atoms with Gasteiger partial charge in [0.15, 0.2) is 0 Å². The quantitative estimate of drug-likeness (QED) is 0.903. The maximum Gasteiger partial charge on any atom is 0.243 e. The third kappa shape index (κ3) is 2.97. The largest absolute Gasteiger partial charge is 0.316 e. The molecular weight excluding hydrogens is 308 g/mol. The highest BCUT2D eigenvalue weighted by molar-refractivity contribution is 7.89. The van der Waals surface area contributed by atoms with Gasteiger partial charge in [0.05, 0.1) is 4.90 Å². The van der Waals surface area contributed by atoms with Gasteiger partial charge in [-0.2, -0.15) is 4.31 Å². The van der Waals surface area contributed by atoms with Crippen molar-refractivity contribution in [3.05, 3.63) is 29.3 Å². The van der Waals surface area contributed by atoms with E-state index in [9.17, 15) is 8.42 Å². The van der Waals surface area contributed by atoms with Crippen LogP contribution in [-0.2, 0) is 10.0 Å². The van der Waals surface area contributed by atoms with E-state index in [1.807, 2.05) is 26.0 Å². The summed E-state index contributed by atoms with van der Waals surface area (Å²) >= 11 is 0. The van der Waals surface area contributed by atoms with E-state index in [-0.39, 0.29) is 17.8 Å². The highest BCUT2D eigenvalue weighted by atomic mass is 35.5. The number of benzene rings is 1. The Morgan fingerprint density at radius 2 is 2.00 bits per heavy atom. The van der Waals surface area contributed by atoms with Crippen molar-refractivity contribution in [1.82, 2.24) is 9.62 Å². The van der Waals surface area contributed by atoms with E-state index >= 15 is 0 Å². The van der Waals surface area contributed by atoms with Crippen molar-refractivity contribution in [2.24, 2.45) is 5.41 Å². The molecule has 1 atom stereocenters. The first kappa shape index (κ1) is 16.7. The van der Waals surface area contributed by atoms with Crippen LogP contribution >= 0.6 is 12.4 Å². The number of aryl methyl sites for hydroxylation is 2. The lowest BCUT2D eigenvalue weighted by molar-refractivity contribution is 0.338. The Morgan fingerprint density at radius 1 is 1.24 bits per heavy atom. The van der Waals surface area contributed by atoms with Gasteiger partial charge in [-0.3, -0.25) is 0 Å². The molecule has 1 spiro atoms. The Morgan fingerprint density at radius 3 is 2.62 bits per heavy atom. The number of halogens is 1. The minimum Gasteiger partial charge on any atom is -0.316 e. The molecule has 1 N–H and O–H groups in total. The van der Waals surface area contributed by atoms with Gasteiger partial charge in [-0.1, -0.05) is 17.7 Å². The predicted octanol–water partition coefficient (Wildman–Crippen LogP) is 2.10. The number of hydrogen-bond donors (Lipinski definition) is 1. The van der Waals surface area contributed by atoms with Crippen LogP contribution in [0.25, 0.3) is 0 Å². The zero-order valence-electron chi connectivity index (χ0n) is 12.6. The molecule has 0 aromatic heterocycles. The van der Waals surface area contributed by atoms with Gasteiger partial charge in [0, 0.05) is 19.6 Å². The van der Waals surface area contributed by atoms with Crippen LogP contribution in [0.15, 0.2) is 23.1 Å². The molecule has 3 rings (SSSR count). The summed E-state index contributed by atoms with van der Waals surface area (Å²) in [6, 6.07) is 5.57. The molecule has 6 heteroatoms. The van der Waals surface area contributed by atoms with Crippen LogP contribution in [0.2, 0.25) is 0 Å². The lowest BCUT2D eigenvalue weighted by Crippen LogP contribution is -2.33. The summed E-state index contributed by atoms with van der Waals surface area (Å²) < 4.78 is 27.3. The van der Waals surface area contributed by atoms with Crippen LogP contribution in [-0.4, -0.2) is 38.9 Å². The Bertz CT molecular complexity index is 625. The van der Waals surface area contributed by atoms with E-state index in [4.69, 9.17) is 0 Å². The fourth-order valence-corrected chi connectivity index (χ4v) is 5.23. The SMILES string of the molecule is Cc1ccc(S(=O)(=O)N2CCC3(CCNC3)C2)c(C)c1.Cl. The highest BCUT2D eigenvalue weighted by Crippen LogP contribution is 2.38. The van der Waals surface area contributed by atoms with Gasteiger partial charge in [-0.15, -0.1) is 12.4 Å². The molecule has 0 saturated carbocycles. The number of nitrogens with zero attached hydrogens (tertiary/aromatic N) is 1. The molecule has 2 aliphatic rings. The van der Waals surface area contributed by atoms with Gasteiger partial charge >= 0.3 is 0 Å². The first-order chi connectivity index (χ1) is 9.43. The smallest absolute Gasteiger partial charge is 0.243 e. The van der Waals surface area contributed by atoms with Crippen molar-refractivity contribution in [2.75, 3.05) is 26.2 Å². The third-order valence-electron chi connectivity index (χ3n) is 4.68. The molecule has 1 unspecified atom stereocenters. The average molecular weight is 331 g/mol. The molecule has 0 bridgehead atoms. The van der Waals surface area contributed by atoms with E-state index in [1.165, 1.54) is 0 Å². The van der Waals surface area contributed by atoms with Crippen LogP contribution < -0.4 is 5.32 Å². The van der Waals surface area contributed by atoms with Gasteiger partial charge in [-0.05, 0) is 50.3 Å². The van der Waals surface area contributed by atoms with E-state index in [0.29, 0.717) is 18.0 Å². The molecule has 0 amide bonds. The lowest BCUT2D eigenvalue weighted by atomic mass is 9.87. The molecule has 1 aromatic rings. The second-order valence-electron chi connectivity index (χ2n) is 6.28. The summed E-state index contributed by atoms with van der Waals surface area (Å²) in [7, 11) is -3.34. The lowest BCUT2D eigenvalue weighted by Gasteiger charge is -2.23. The first-order valence-electron chi connectivity index (χ1n) is 7.21. The Balaban J connectivity index is 0.00000161. The monoisotopic (exact) mass is 330 g/mol. The van der Waals surface area contributed by atoms with E-state index in [2.05, 4.69) is 5.32 Å². The molecule has 2 fully saturated rings. The Hall–Kier alpha value is -0.620. The van der Waals surface area contributed by atoms with E-state index in [0.717, 1.165) is 37.1 Å². The summed E-state index contributed by atoms with van der Waals surface area (Å²) in [5.41, 5.74) is 2.11. The molecule has 2 heterocycles. The summed E-state index contributed by atoms with van der Waals surface area (Å²) in [6.07, 6.45) is 2.07. The van der Waals surface area contributed by atoms with Crippen LogP contribution in [0.5, 0.6) is 0 Å².